The van der Waals surface area contributed by atoms with Crippen LogP contribution in [0.4, 0.5) is 0 Å². The number of rotatable bonds is 6. The monoisotopic (exact) mass is 378 g/mol. The van der Waals surface area contributed by atoms with Crippen LogP contribution in [0.5, 0.6) is 0 Å². The molecule has 1 fully saturated rings. The Labute approximate surface area is 144 Å². The molecule has 1 aliphatic rings. The third-order valence-corrected chi connectivity index (χ3v) is 4.87. The number of aryl methyl sites for hydroxylation is 1. The van der Waals surface area contributed by atoms with Gasteiger partial charge >= 0.3 is 13.5 Å². The molecule has 0 spiro atoms. The van der Waals surface area contributed by atoms with Gasteiger partial charge in [-0.05, 0) is 19.8 Å². The maximum Gasteiger partial charge on any atom is 0.472 e. The number of H-pyrrole nitrogens is 1. The van der Waals surface area contributed by atoms with Gasteiger partial charge in [0.1, 0.15) is 6.10 Å². The van der Waals surface area contributed by atoms with E-state index in [2.05, 4.69) is 9.51 Å². The van der Waals surface area contributed by atoms with Gasteiger partial charge in [0.25, 0.3) is 5.56 Å². The molecule has 1 aromatic heterocycles. The molecule has 0 radical (unpaired) electrons. The van der Waals surface area contributed by atoms with Crippen LogP contribution in [0.3, 0.4) is 0 Å². The molecule has 1 aliphatic heterocycles. The minimum absolute atomic E-state index is 0.169. The second-order valence-corrected chi connectivity index (χ2v) is 7.24. The second-order valence-electron chi connectivity index (χ2n) is 5.68. The molecule has 0 saturated carbocycles. The SMILES string of the molecule is CCC1CCO[C@@H](COP(=O)(O)OC)[C@H](n2cc(C)c(=O)[nH]c2=O)O1. The van der Waals surface area contributed by atoms with Crippen molar-refractivity contribution in [1.82, 2.24) is 9.55 Å². The number of aromatic amines is 1. The lowest BCUT2D eigenvalue weighted by Gasteiger charge is -2.28. The molecule has 2 N–H and O–H groups in total. The highest BCUT2D eigenvalue weighted by atomic mass is 31.2. The molecule has 11 heteroatoms. The van der Waals surface area contributed by atoms with Crippen molar-refractivity contribution in [2.45, 2.75) is 45.1 Å². The Morgan fingerprint density at radius 3 is 2.84 bits per heavy atom. The average molecular weight is 378 g/mol. The summed E-state index contributed by atoms with van der Waals surface area (Å²) in [5, 5.41) is 0. The Bertz CT molecular complexity index is 745. The van der Waals surface area contributed by atoms with Crippen molar-refractivity contribution in [2.75, 3.05) is 20.3 Å². The lowest BCUT2D eigenvalue weighted by molar-refractivity contribution is -0.118. The summed E-state index contributed by atoms with van der Waals surface area (Å²) in [6.45, 7) is 3.50. The molecular formula is C14H23N2O8P. The molecule has 2 rings (SSSR count). The topological polar surface area (TPSA) is 129 Å². The van der Waals surface area contributed by atoms with Crippen LogP contribution in [-0.2, 0) is 23.1 Å². The van der Waals surface area contributed by atoms with Crippen molar-refractivity contribution in [3.63, 3.8) is 0 Å². The number of nitrogens with zero attached hydrogens (tertiary/aromatic N) is 1. The summed E-state index contributed by atoms with van der Waals surface area (Å²) in [5.74, 6) is 0. The Kier molecular flexibility index (Phi) is 6.72. The maximum absolute atomic E-state index is 12.2. The van der Waals surface area contributed by atoms with Gasteiger partial charge in [0.05, 0.1) is 12.7 Å². The number of hydrogen-bond donors (Lipinski definition) is 2. The maximum atomic E-state index is 12.2. The van der Waals surface area contributed by atoms with Crippen molar-refractivity contribution in [3.8, 4) is 0 Å². The highest BCUT2D eigenvalue weighted by Crippen LogP contribution is 2.42. The van der Waals surface area contributed by atoms with E-state index in [1.54, 1.807) is 6.92 Å². The Morgan fingerprint density at radius 1 is 1.48 bits per heavy atom. The molecule has 2 unspecified atom stereocenters. The molecule has 142 valence electrons. The molecule has 1 saturated heterocycles. The normalized spacial score (nSPS) is 26.8. The van der Waals surface area contributed by atoms with E-state index in [-0.39, 0.29) is 12.7 Å². The van der Waals surface area contributed by atoms with Gasteiger partial charge in [-0.2, -0.15) is 0 Å². The molecule has 0 bridgehead atoms. The molecule has 2 heterocycles. The first-order valence-corrected chi connectivity index (χ1v) is 9.39. The summed E-state index contributed by atoms with van der Waals surface area (Å²) in [6.07, 6.45) is 0.734. The van der Waals surface area contributed by atoms with E-state index in [9.17, 15) is 19.0 Å². The molecular weight excluding hydrogens is 355 g/mol. The molecule has 0 amide bonds. The molecule has 4 atom stereocenters. The fraction of sp³-hybridized carbons (Fsp3) is 0.714. The van der Waals surface area contributed by atoms with E-state index in [4.69, 9.17) is 14.0 Å². The summed E-state index contributed by atoms with van der Waals surface area (Å²) in [5.41, 5.74) is -0.829. The number of hydrogen-bond acceptors (Lipinski definition) is 7. The zero-order chi connectivity index (χ0) is 18.6. The summed E-state index contributed by atoms with van der Waals surface area (Å²) >= 11 is 0. The van der Waals surface area contributed by atoms with Crippen LogP contribution in [0.15, 0.2) is 15.8 Å². The third kappa shape index (κ3) is 5.10. The summed E-state index contributed by atoms with van der Waals surface area (Å²) < 4.78 is 33.6. The highest BCUT2D eigenvalue weighted by Gasteiger charge is 2.34. The Morgan fingerprint density at radius 2 is 2.20 bits per heavy atom. The van der Waals surface area contributed by atoms with Crippen LogP contribution in [0.25, 0.3) is 0 Å². The van der Waals surface area contributed by atoms with Gasteiger partial charge in [-0.1, -0.05) is 6.92 Å². The zero-order valence-electron chi connectivity index (χ0n) is 14.3. The lowest BCUT2D eigenvalue weighted by Crippen LogP contribution is -2.41. The van der Waals surface area contributed by atoms with Crippen LogP contribution < -0.4 is 11.2 Å². The Hall–Kier alpha value is -1.29. The van der Waals surface area contributed by atoms with Gasteiger partial charge < -0.3 is 14.4 Å². The van der Waals surface area contributed by atoms with Crippen molar-refractivity contribution >= 4 is 7.82 Å². The van der Waals surface area contributed by atoms with Gasteiger partial charge in [-0.3, -0.25) is 23.4 Å². The van der Waals surface area contributed by atoms with E-state index in [0.717, 1.165) is 7.11 Å². The number of phosphoric ester groups is 1. The predicted molar refractivity (Wildman–Crippen MR) is 87.4 cm³/mol. The summed E-state index contributed by atoms with van der Waals surface area (Å²) in [6, 6.07) is 0. The van der Waals surface area contributed by atoms with Crippen LogP contribution in [0.1, 0.15) is 31.6 Å². The van der Waals surface area contributed by atoms with E-state index >= 15 is 0 Å². The fourth-order valence-corrected chi connectivity index (χ4v) is 2.90. The highest BCUT2D eigenvalue weighted by molar-refractivity contribution is 7.47. The van der Waals surface area contributed by atoms with Gasteiger partial charge in [0, 0.05) is 25.5 Å². The van der Waals surface area contributed by atoms with E-state index in [1.807, 2.05) is 6.92 Å². The van der Waals surface area contributed by atoms with Crippen LogP contribution >= 0.6 is 7.82 Å². The molecule has 1 aromatic rings. The van der Waals surface area contributed by atoms with Crippen molar-refractivity contribution in [3.05, 3.63) is 32.6 Å². The first-order chi connectivity index (χ1) is 11.8. The molecule has 25 heavy (non-hydrogen) atoms. The van der Waals surface area contributed by atoms with Crippen LogP contribution in [-0.4, -0.2) is 47.0 Å². The van der Waals surface area contributed by atoms with Gasteiger partial charge in [0.2, 0.25) is 0 Å². The predicted octanol–water partition coefficient (Wildman–Crippen LogP) is 0.691. The van der Waals surface area contributed by atoms with Crippen LogP contribution in [0, 0.1) is 6.92 Å². The van der Waals surface area contributed by atoms with Crippen LogP contribution in [0.2, 0.25) is 0 Å². The second kappa shape index (κ2) is 8.39. The van der Waals surface area contributed by atoms with E-state index in [0.29, 0.717) is 25.0 Å². The van der Waals surface area contributed by atoms with Crippen molar-refractivity contribution in [1.29, 1.82) is 0 Å². The fourth-order valence-electron chi connectivity index (χ4n) is 2.46. The Balaban J connectivity index is 2.35. The first kappa shape index (κ1) is 20.0. The smallest absolute Gasteiger partial charge is 0.371 e. The molecule has 10 nitrogen and oxygen atoms in total. The zero-order valence-corrected chi connectivity index (χ0v) is 15.2. The first-order valence-electron chi connectivity index (χ1n) is 7.89. The van der Waals surface area contributed by atoms with E-state index < -0.39 is 31.4 Å². The number of phosphoric acid groups is 1. The van der Waals surface area contributed by atoms with Gasteiger partial charge in [0.15, 0.2) is 6.23 Å². The number of aromatic nitrogens is 2. The minimum atomic E-state index is -4.20. The minimum Gasteiger partial charge on any atom is -0.371 e. The number of nitrogens with one attached hydrogen (secondary N) is 1. The quantitative estimate of drug-likeness (QED) is 0.692. The van der Waals surface area contributed by atoms with Gasteiger partial charge in [-0.25, -0.2) is 9.36 Å². The summed E-state index contributed by atoms with van der Waals surface area (Å²) in [4.78, 5) is 35.4. The average Bonchev–Trinajstić information content (AvgIpc) is 2.78. The lowest BCUT2D eigenvalue weighted by atomic mass is 10.2. The molecule has 0 aliphatic carbocycles. The standard InChI is InChI=1S/C14H23N2O8P/c1-4-10-5-6-22-11(8-23-25(19,20)21-3)13(24-10)16-7-9(2)12(17)15-14(16)18/h7,10-11,13H,4-6,8H2,1-3H3,(H,19,20)(H,15,17,18)/t10?,11-,13+/m0/s1. The van der Waals surface area contributed by atoms with Gasteiger partial charge in [-0.15, -0.1) is 0 Å². The number of ether oxygens (including phenoxy) is 2. The largest absolute Gasteiger partial charge is 0.472 e. The van der Waals surface area contributed by atoms with E-state index in [1.165, 1.54) is 10.8 Å². The van der Waals surface area contributed by atoms with Crippen molar-refractivity contribution in [2.24, 2.45) is 0 Å². The third-order valence-electron chi connectivity index (χ3n) is 3.93. The van der Waals surface area contributed by atoms with Crippen molar-refractivity contribution < 1.29 is 28.0 Å². The molecule has 0 aromatic carbocycles. The summed E-state index contributed by atoms with van der Waals surface area (Å²) in [7, 11) is -3.16.